The number of aliphatic carboxylic acids is 1. The Balaban J connectivity index is 0.000000944. The minimum absolute atomic E-state index is 0.0126. The van der Waals surface area contributed by atoms with Crippen LogP contribution in [0.4, 0.5) is 18.9 Å². The number of nitrogens with two attached hydrogens (primary N) is 1. The van der Waals surface area contributed by atoms with Crippen LogP contribution in [0.2, 0.25) is 0 Å². The van der Waals surface area contributed by atoms with Crippen molar-refractivity contribution in [1.82, 2.24) is 5.32 Å². The predicted molar refractivity (Wildman–Crippen MR) is 186 cm³/mol. The molecule has 0 aromatic heterocycles. The first-order valence-corrected chi connectivity index (χ1v) is 15.7. The van der Waals surface area contributed by atoms with E-state index in [-0.39, 0.29) is 37.7 Å². The lowest BCUT2D eigenvalue weighted by Crippen LogP contribution is -2.32. The van der Waals surface area contributed by atoms with Gasteiger partial charge in [0.1, 0.15) is 11.5 Å². The molecule has 0 atom stereocenters. The van der Waals surface area contributed by atoms with E-state index >= 15 is 0 Å². The zero-order valence-electron chi connectivity index (χ0n) is 29.0. The van der Waals surface area contributed by atoms with Crippen molar-refractivity contribution in [2.24, 2.45) is 5.73 Å². The first-order chi connectivity index (χ1) is 24.8. The fourth-order valence-corrected chi connectivity index (χ4v) is 4.83. The number of alkyl halides is 3. The number of hydrogen-bond donors (Lipinski definition) is 3. The van der Waals surface area contributed by atoms with Crippen molar-refractivity contribution >= 4 is 23.5 Å². The van der Waals surface area contributed by atoms with Gasteiger partial charge in [0, 0.05) is 31.5 Å². The summed E-state index contributed by atoms with van der Waals surface area (Å²) >= 11 is 0. The number of carboxylic acids is 1. The fraction of sp³-hybridized carbons (Fsp3) is 0.270. The maximum atomic E-state index is 13.9. The topological polar surface area (TPSA) is 159 Å². The summed E-state index contributed by atoms with van der Waals surface area (Å²) in [4.78, 5) is 37.3. The highest BCUT2D eigenvalue weighted by Crippen LogP contribution is 2.40. The number of halogens is 3. The summed E-state index contributed by atoms with van der Waals surface area (Å²) in [7, 11) is 6.18. The van der Waals surface area contributed by atoms with Gasteiger partial charge in [-0.25, -0.2) is 4.79 Å². The van der Waals surface area contributed by atoms with E-state index in [0.29, 0.717) is 46.7 Å². The maximum absolute atomic E-state index is 13.9. The SMILES string of the molecule is COc1ccccc1CNC(=O)CCC(=O)N(Cc1cc(OC)c(OC)c(OC)c1)c1ccccc1Oc1cccc(CN)c1.O=C(O)C(F)(F)F. The van der Waals surface area contributed by atoms with E-state index in [1.165, 1.54) is 21.3 Å². The number of rotatable bonds is 15. The van der Waals surface area contributed by atoms with Crippen LogP contribution < -0.4 is 39.6 Å². The molecule has 278 valence electrons. The molecular weight excluding hydrogens is 687 g/mol. The van der Waals surface area contributed by atoms with Crippen LogP contribution in [-0.4, -0.2) is 57.5 Å². The quantitative estimate of drug-likeness (QED) is 0.128. The van der Waals surface area contributed by atoms with Crippen molar-refractivity contribution in [3.63, 3.8) is 0 Å². The minimum Gasteiger partial charge on any atom is -0.496 e. The fourth-order valence-electron chi connectivity index (χ4n) is 4.83. The summed E-state index contributed by atoms with van der Waals surface area (Å²) in [6.45, 7) is 0.788. The molecule has 0 radical (unpaired) electrons. The molecule has 0 unspecified atom stereocenters. The maximum Gasteiger partial charge on any atom is 0.490 e. The number of carboxylic acid groups (broad SMARTS) is 1. The lowest BCUT2D eigenvalue weighted by atomic mass is 10.1. The summed E-state index contributed by atoms with van der Waals surface area (Å²) in [6.07, 6.45) is -5.14. The Labute approximate surface area is 298 Å². The Morgan fingerprint density at radius 2 is 1.35 bits per heavy atom. The summed E-state index contributed by atoms with van der Waals surface area (Å²) in [5.74, 6) is -0.206. The third kappa shape index (κ3) is 11.6. The molecule has 15 heteroatoms. The number of ether oxygens (including phenoxy) is 5. The molecule has 0 saturated carbocycles. The smallest absolute Gasteiger partial charge is 0.490 e. The largest absolute Gasteiger partial charge is 0.496 e. The molecule has 52 heavy (non-hydrogen) atoms. The molecule has 0 bridgehead atoms. The molecule has 0 saturated heterocycles. The van der Waals surface area contributed by atoms with Crippen molar-refractivity contribution in [2.45, 2.75) is 38.7 Å². The summed E-state index contributed by atoms with van der Waals surface area (Å²) in [5, 5.41) is 10.0. The number of hydrogen-bond acceptors (Lipinski definition) is 9. The highest BCUT2D eigenvalue weighted by atomic mass is 19.4. The van der Waals surface area contributed by atoms with Gasteiger partial charge in [-0.3, -0.25) is 9.59 Å². The van der Waals surface area contributed by atoms with Crippen LogP contribution in [0.3, 0.4) is 0 Å². The molecule has 2 amide bonds. The van der Waals surface area contributed by atoms with E-state index < -0.39 is 12.1 Å². The van der Waals surface area contributed by atoms with Crippen LogP contribution >= 0.6 is 0 Å². The molecule has 0 aliphatic carbocycles. The number of carbonyl (C=O) groups is 3. The number of para-hydroxylation sites is 3. The second-order valence-corrected chi connectivity index (χ2v) is 10.8. The zero-order chi connectivity index (χ0) is 38.3. The third-order valence-corrected chi connectivity index (χ3v) is 7.36. The van der Waals surface area contributed by atoms with Gasteiger partial charge in [0.2, 0.25) is 17.6 Å². The van der Waals surface area contributed by atoms with E-state index in [1.54, 1.807) is 36.3 Å². The Kier molecular flexibility index (Phi) is 15.1. The minimum atomic E-state index is -5.08. The molecule has 0 fully saturated rings. The number of anilines is 1. The lowest BCUT2D eigenvalue weighted by molar-refractivity contribution is -0.192. The Hall–Kier alpha value is -5.96. The second kappa shape index (κ2) is 19.4. The molecule has 0 aliphatic rings. The van der Waals surface area contributed by atoms with Gasteiger partial charge in [-0.05, 0) is 53.6 Å². The average Bonchev–Trinajstić information content (AvgIpc) is 3.15. The van der Waals surface area contributed by atoms with Crippen molar-refractivity contribution in [3.8, 4) is 34.5 Å². The lowest BCUT2D eigenvalue weighted by Gasteiger charge is -2.26. The monoisotopic (exact) mass is 727 g/mol. The zero-order valence-corrected chi connectivity index (χ0v) is 29.0. The van der Waals surface area contributed by atoms with Crippen LogP contribution in [0.5, 0.6) is 34.5 Å². The van der Waals surface area contributed by atoms with Gasteiger partial charge in [0.15, 0.2) is 17.2 Å². The Morgan fingerprint density at radius 1 is 0.750 bits per heavy atom. The standard InChI is InChI=1S/C35H39N3O7.C2HF3O2/c1-41-29-14-7-5-11-26(29)22-37-33(39)16-17-34(40)38(23-25-19-31(42-2)35(44-4)32(20-25)43-3)28-13-6-8-15-30(28)45-27-12-9-10-24(18-27)21-36;3-2(4,5)1(6)7/h5-15,18-20H,16-17,21-23,36H2,1-4H3,(H,37,39);(H,6,7). The average molecular weight is 728 g/mol. The summed E-state index contributed by atoms with van der Waals surface area (Å²) in [5.41, 5.74) is 8.84. The van der Waals surface area contributed by atoms with Gasteiger partial charge < -0.3 is 44.7 Å². The molecule has 0 spiro atoms. The number of benzene rings is 4. The molecule has 4 N–H and O–H groups in total. The van der Waals surface area contributed by atoms with Crippen molar-refractivity contribution in [2.75, 3.05) is 33.3 Å². The van der Waals surface area contributed by atoms with E-state index in [0.717, 1.165) is 16.7 Å². The first-order valence-electron chi connectivity index (χ1n) is 15.7. The van der Waals surface area contributed by atoms with Gasteiger partial charge >= 0.3 is 12.1 Å². The van der Waals surface area contributed by atoms with Crippen molar-refractivity contribution in [1.29, 1.82) is 0 Å². The van der Waals surface area contributed by atoms with Crippen molar-refractivity contribution < 1.29 is 56.3 Å². The number of amides is 2. The predicted octanol–water partition coefficient (Wildman–Crippen LogP) is 6.24. The number of nitrogens with one attached hydrogen (secondary N) is 1. The first kappa shape index (κ1) is 40.5. The Morgan fingerprint density at radius 3 is 1.92 bits per heavy atom. The summed E-state index contributed by atoms with van der Waals surface area (Å²) in [6, 6.07) is 25.7. The molecular formula is C37H40F3N3O9. The van der Waals surface area contributed by atoms with E-state index in [2.05, 4.69) is 5.32 Å². The van der Waals surface area contributed by atoms with Crippen LogP contribution in [0, 0.1) is 0 Å². The van der Waals surface area contributed by atoms with E-state index in [9.17, 15) is 22.8 Å². The number of methoxy groups -OCH3 is 4. The highest BCUT2D eigenvalue weighted by molar-refractivity contribution is 5.96. The van der Waals surface area contributed by atoms with Crippen LogP contribution in [0.25, 0.3) is 0 Å². The van der Waals surface area contributed by atoms with Gasteiger partial charge in [0.05, 0.1) is 40.7 Å². The van der Waals surface area contributed by atoms with Gasteiger partial charge in [-0.2, -0.15) is 13.2 Å². The number of carbonyl (C=O) groups excluding carboxylic acids is 2. The molecule has 12 nitrogen and oxygen atoms in total. The Bertz CT molecular complexity index is 1790. The van der Waals surface area contributed by atoms with Crippen molar-refractivity contribution in [3.05, 3.63) is 102 Å². The van der Waals surface area contributed by atoms with Crippen LogP contribution in [-0.2, 0) is 34.0 Å². The highest BCUT2D eigenvalue weighted by Gasteiger charge is 2.38. The van der Waals surface area contributed by atoms with Crippen LogP contribution in [0.1, 0.15) is 29.5 Å². The number of nitrogens with zero attached hydrogens (tertiary/aromatic N) is 1. The summed E-state index contributed by atoms with van der Waals surface area (Å²) < 4.78 is 59.9. The van der Waals surface area contributed by atoms with Gasteiger partial charge in [-0.15, -0.1) is 0 Å². The second-order valence-electron chi connectivity index (χ2n) is 10.8. The van der Waals surface area contributed by atoms with Gasteiger partial charge in [-0.1, -0.05) is 42.5 Å². The molecule has 4 rings (SSSR count). The van der Waals surface area contributed by atoms with E-state index in [1.807, 2.05) is 60.7 Å². The van der Waals surface area contributed by atoms with Gasteiger partial charge in [0.25, 0.3) is 0 Å². The molecule has 0 heterocycles. The normalized spacial score (nSPS) is 10.6. The van der Waals surface area contributed by atoms with Crippen LogP contribution in [0.15, 0.2) is 84.9 Å². The molecule has 4 aromatic rings. The van der Waals surface area contributed by atoms with E-state index in [4.69, 9.17) is 39.3 Å². The molecule has 0 aliphatic heterocycles. The molecule has 4 aromatic carbocycles. The third-order valence-electron chi connectivity index (χ3n) is 7.36.